The molecule has 0 saturated heterocycles. The van der Waals surface area contributed by atoms with Gasteiger partial charge in [-0.25, -0.2) is 0 Å². The van der Waals surface area contributed by atoms with E-state index < -0.39 is 0 Å². The summed E-state index contributed by atoms with van der Waals surface area (Å²) in [6.07, 6.45) is 0. The Morgan fingerprint density at radius 1 is 1.00 bits per heavy atom. The Morgan fingerprint density at radius 2 is 1.40 bits per heavy atom. The molecule has 0 N–H and O–H groups in total. The largest absolute Gasteiger partial charge is 1.00 e. The van der Waals surface area contributed by atoms with Crippen LogP contribution >= 0.6 is 0 Å². The molecule has 0 heterocycles. The minimum Gasteiger partial charge on any atom is -1.00 e. The van der Waals surface area contributed by atoms with Crippen molar-refractivity contribution in [2.24, 2.45) is 0 Å². The molecule has 0 aliphatic carbocycles. The molecule has 3 heteroatoms. The Balaban J connectivity index is 0. The van der Waals surface area contributed by atoms with Crippen molar-refractivity contribution in [2.45, 2.75) is 6.92 Å². The van der Waals surface area contributed by atoms with Gasteiger partial charge < -0.3 is 9.41 Å². The summed E-state index contributed by atoms with van der Waals surface area (Å²) in [6.45, 7) is 2.09. The van der Waals surface area contributed by atoms with Gasteiger partial charge in [0.25, 0.3) is 0 Å². The van der Waals surface area contributed by atoms with E-state index in [1.165, 1.54) is 9.99 Å². The molecule has 1 aromatic carbocycles. The predicted molar refractivity (Wildman–Crippen MR) is 36.6 cm³/mol. The summed E-state index contributed by atoms with van der Waals surface area (Å²) in [5, 5.41) is 0. The number of rotatable bonds is 0. The molecule has 10 heavy (non-hydrogen) atoms. The number of aryl methyl sites for hydroxylation is 1. The van der Waals surface area contributed by atoms with Crippen molar-refractivity contribution in [3.05, 3.63) is 29.8 Å². The first kappa shape index (κ1) is 12.3. The van der Waals surface area contributed by atoms with E-state index in [4.69, 9.17) is 0 Å². The first-order valence-electron chi connectivity index (χ1n) is 2.61. The molecular formula is C7H7AlF2. The van der Waals surface area contributed by atoms with Gasteiger partial charge in [0.05, 0.1) is 0 Å². The third-order valence-corrected chi connectivity index (χ3v) is 1.46. The molecule has 0 unspecified atom stereocenters. The summed E-state index contributed by atoms with van der Waals surface area (Å²) >= 11 is 2.65. The Labute approximate surface area is 67.4 Å². The van der Waals surface area contributed by atoms with Crippen LogP contribution < -0.4 is 13.8 Å². The summed E-state index contributed by atoms with van der Waals surface area (Å²) in [4.78, 5) is 0. The number of halogens is 2. The van der Waals surface area contributed by atoms with Crippen molar-refractivity contribution >= 4 is 20.7 Å². The van der Waals surface area contributed by atoms with Crippen LogP contribution in [-0.2, 0) is 0 Å². The molecule has 1 rings (SSSR count). The summed E-state index contributed by atoms with van der Waals surface area (Å²) in [5.41, 5.74) is 1.32. The van der Waals surface area contributed by atoms with Gasteiger partial charge in [-0.05, 0) is 0 Å². The Kier molecular flexibility index (Phi) is 6.65. The van der Waals surface area contributed by atoms with Gasteiger partial charge in [0, 0.05) is 0 Å². The van der Waals surface area contributed by atoms with Crippen LogP contribution in [0.25, 0.3) is 0 Å². The van der Waals surface area contributed by atoms with Crippen LogP contribution in [-0.4, -0.2) is 16.3 Å². The van der Waals surface area contributed by atoms with E-state index in [1.807, 2.05) is 0 Å². The van der Waals surface area contributed by atoms with Crippen LogP contribution in [0.3, 0.4) is 0 Å². The van der Waals surface area contributed by atoms with E-state index in [1.54, 1.807) is 0 Å². The molecule has 0 spiro atoms. The van der Waals surface area contributed by atoms with Gasteiger partial charge in [0.15, 0.2) is 0 Å². The molecule has 0 bridgehead atoms. The molecule has 0 atom stereocenters. The zero-order valence-corrected chi connectivity index (χ0v) is 6.80. The zero-order valence-electron chi connectivity index (χ0n) is 5.64. The molecule has 0 aliphatic rings. The number of benzene rings is 1. The maximum Gasteiger partial charge on any atom is -1.00 e. The van der Waals surface area contributed by atoms with Crippen molar-refractivity contribution in [1.29, 1.82) is 0 Å². The average Bonchev–Trinajstić information content (AvgIpc) is 1.77. The molecule has 0 nitrogen and oxygen atoms in total. The van der Waals surface area contributed by atoms with Crippen LogP contribution in [0, 0.1) is 6.92 Å². The molecule has 1 aromatic rings. The van der Waals surface area contributed by atoms with E-state index in [2.05, 4.69) is 47.5 Å². The monoisotopic (exact) mass is 156 g/mol. The maximum absolute atomic E-state index is 2.65. The fourth-order valence-electron chi connectivity index (χ4n) is 0.566. The van der Waals surface area contributed by atoms with Crippen molar-refractivity contribution in [3.8, 4) is 0 Å². The molecular weight excluding hydrogens is 149 g/mol. The standard InChI is InChI=1S/C7H7.Al.2FH/c1-7-5-3-2-4-6-7;;;/h3-6H,1H3;;2*1H/q;+2;;/p-2. The second-order valence-corrected chi connectivity index (χ2v) is 2.58. The molecule has 0 amide bonds. The van der Waals surface area contributed by atoms with Crippen molar-refractivity contribution in [3.63, 3.8) is 0 Å². The van der Waals surface area contributed by atoms with Crippen molar-refractivity contribution in [2.75, 3.05) is 0 Å². The van der Waals surface area contributed by atoms with Crippen LogP contribution in [0.2, 0.25) is 0 Å². The van der Waals surface area contributed by atoms with Crippen LogP contribution in [0.1, 0.15) is 5.56 Å². The fourth-order valence-corrected chi connectivity index (χ4v) is 0.759. The van der Waals surface area contributed by atoms with E-state index in [9.17, 15) is 0 Å². The average molecular weight is 156 g/mol. The Hall–Kier alpha value is -0.388. The summed E-state index contributed by atoms with van der Waals surface area (Å²) in [5.74, 6) is 0. The van der Waals surface area contributed by atoms with Crippen molar-refractivity contribution in [1.82, 2.24) is 0 Å². The minimum atomic E-state index is 0. The van der Waals surface area contributed by atoms with Gasteiger partial charge in [0.1, 0.15) is 0 Å². The third kappa shape index (κ3) is 3.60. The zero-order chi connectivity index (χ0) is 5.98. The summed E-state index contributed by atoms with van der Waals surface area (Å²) in [6, 6.07) is 8.37. The van der Waals surface area contributed by atoms with Crippen LogP contribution in [0.5, 0.6) is 0 Å². The van der Waals surface area contributed by atoms with E-state index in [0.29, 0.717) is 0 Å². The predicted octanol–water partition coefficient (Wildman–Crippen LogP) is -5.20. The SMILES string of the molecule is Cc1cc[c]([Al+2])cc1.[F-].[F-]. The number of hydrogen-bond donors (Lipinski definition) is 0. The Bertz CT molecular complexity index is 150. The molecule has 0 fully saturated rings. The summed E-state index contributed by atoms with van der Waals surface area (Å²) in [7, 11) is 0. The van der Waals surface area contributed by atoms with Gasteiger partial charge in [-0.2, -0.15) is 0 Å². The summed E-state index contributed by atoms with van der Waals surface area (Å²) < 4.78 is 1.25. The van der Waals surface area contributed by atoms with Gasteiger partial charge in [-0.3, -0.25) is 0 Å². The van der Waals surface area contributed by atoms with Crippen LogP contribution in [0.4, 0.5) is 0 Å². The van der Waals surface area contributed by atoms with E-state index in [-0.39, 0.29) is 9.41 Å². The normalized spacial score (nSPS) is 7.50. The third-order valence-electron chi connectivity index (χ3n) is 1.08. The molecule has 52 valence electrons. The molecule has 0 radical (unpaired) electrons. The van der Waals surface area contributed by atoms with Gasteiger partial charge in [-0.15, -0.1) is 0 Å². The van der Waals surface area contributed by atoms with E-state index in [0.717, 1.165) is 0 Å². The molecule has 0 aromatic heterocycles. The minimum absolute atomic E-state index is 0. The van der Waals surface area contributed by atoms with Crippen LogP contribution in [0.15, 0.2) is 24.3 Å². The van der Waals surface area contributed by atoms with Gasteiger partial charge in [-0.1, -0.05) is 0 Å². The molecule has 0 saturated carbocycles. The van der Waals surface area contributed by atoms with Gasteiger partial charge in [0.2, 0.25) is 0 Å². The molecule has 0 aliphatic heterocycles. The van der Waals surface area contributed by atoms with E-state index >= 15 is 0 Å². The fraction of sp³-hybridized carbons (Fsp3) is 0.143. The first-order chi connectivity index (χ1) is 3.79. The Morgan fingerprint density at radius 3 is 1.70 bits per heavy atom. The number of hydrogen-bond acceptors (Lipinski definition) is 0. The smallest absolute Gasteiger partial charge is 1.00 e. The van der Waals surface area contributed by atoms with Gasteiger partial charge >= 0.3 is 57.5 Å². The second-order valence-electron chi connectivity index (χ2n) is 1.91. The quantitative estimate of drug-likeness (QED) is 0.329. The maximum atomic E-state index is 2.65. The topological polar surface area (TPSA) is 0 Å². The van der Waals surface area contributed by atoms with Crippen molar-refractivity contribution < 1.29 is 9.41 Å². The first-order valence-corrected chi connectivity index (χ1v) is 3.19. The second kappa shape index (κ2) is 5.40.